The molecule has 0 saturated heterocycles. The standard InChI is InChI=1S/C4H6N2OS/c7-3-5-6-1-2-8-4-6/h1-3H,4H2,(H,5,7). The molecule has 1 N–H and O–H groups in total. The molecule has 0 saturated carbocycles. The van der Waals surface area contributed by atoms with E-state index in [2.05, 4.69) is 5.43 Å². The summed E-state index contributed by atoms with van der Waals surface area (Å²) >= 11 is 1.65. The Hall–Kier alpha value is -0.640. The lowest BCUT2D eigenvalue weighted by molar-refractivity contribution is -0.112. The second-order valence-corrected chi connectivity index (χ2v) is 2.16. The van der Waals surface area contributed by atoms with Crippen LogP contribution in [0.15, 0.2) is 11.6 Å². The predicted octanol–water partition coefficient (Wildman–Crippen LogP) is 0.125. The van der Waals surface area contributed by atoms with Crippen LogP contribution < -0.4 is 5.43 Å². The molecule has 0 aromatic rings. The highest BCUT2D eigenvalue weighted by atomic mass is 32.2. The zero-order valence-corrected chi connectivity index (χ0v) is 5.02. The van der Waals surface area contributed by atoms with E-state index in [0.717, 1.165) is 5.88 Å². The van der Waals surface area contributed by atoms with Gasteiger partial charge in [0.15, 0.2) is 0 Å². The number of hydrogen-bond donors (Lipinski definition) is 1. The molecule has 0 aromatic carbocycles. The SMILES string of the molecule is O=CNN1C=CSC1. The van der Waals surface area contributed by atoms with Gasteiger partial charge in [-0.25, -0.2) is 0 Å². The Bertz CT molecular complexity index is 115. The lowest BCUT2D eigenvalue weighted by Gasteiger charge is -2.10. The first-order valence-corrected chi connectivity index (χ1v) is 3.23. The number of amides is 1. The van der Waals surface area contributed by atoms with Crippen molar-refractivity contribution < 1.29 is 4.79 Å². The second-order valence-electron chi connectivity index (χ2n) is 1.30. The largest absolute Gasteiger partial charge is 0.282 e. The van der Waals surface area contributed by atoms with Gasteiger partial charge in [-0.2, -0.15) is 0 Å². The zero-order valence-electron chi connectivity index (χ0n) is 4.20. The van der Waals surface area contributed by atoms with Crippen LogP contribution in [-0.2, 0) is 4.79 Å². The van der Waals surface area contributed by atoms with Crippen molar-refractivity contribution in [3.05, 3.63) is 11.6 Å². The van der Waals surface area contributed by atoms with Gasteiger partial charge in [-0.1, -0.05) is 0 Å². The fourth-order valence-electron chi connectivity index (χ4n) is 0.431. The van der Waals surface area contributed by atoms with E-state index in [1.165, 1.54) is 0 Å². The Kier molecular flexibility index (Phi) is 1.80. The van der Waals surface area contributed by atoms with Crippen LogP contribution in [-0.4, -0.2) is 17.3 Å². The van der Waals surface area contributed by atoms with Crippen LogP contribution in [0.2, 0.25) is 0 Å². The monoisotopic (exact) mass is 130 g/mol. The molecular weight excluding hydrogens is 124 g/mol. The fraction of sp³-hybridized carbons (Fsp3) is 0.250. The second kappa shape index (κ2) is 2.61. The van der Waals surface area contributed by atoms with Crippen molar-refractivity contribution in [2.75, 3.05) is 5.88 Å². The number of rotatable bonds is 2. The van der Waals surface area contributed by atoms with E-state index in [4.69, 9.17) is 0 Å². The van der Waals surface area contributed by atoms with Gasteiger partial charge in [0.25, 0.3) is 0 Å². The molecule has 1 aliphatic rings. The van der Waals surface area contributed by atoms with Crippen LogP contribution in [0.5, 0.6) is 0 Å². The number of carbonyl (C=O) groups excluding carboxylic acids is 1. The molecule has 0 spiro atoms. The quantitative estimate of drug-likeness (QED) is 0.539. The predicted molar refractivity (Wildman–Crippen MR) is 32.6 cm³/mol. The summed E-state index contributed by atoms with van der Waals surface area (Å²) in [4.78, 5) is 9.76. The van der Waals surface area contributed by atoms with Crippen molar-refractivity contribution in [3.8, 4) is 0 Å². The van der Waals surface area contributed by atoms with Crippen LogP contribution >= 0.6 is 11.8 Å². The van der Waals surface area contributed by atoms with Gasteiger partial charge in [0, 0.05) is 6.20 Å². The van der Waals surface area contributed by atoms with E-state index >= 15 is 0 Å². The van der Waals surface area contributed by atoms with Crippen LogP contribution in [0.25, 0.3) is 0 Å². The summed E-state index contributed by atoms with van der Waals surface area (Å²) in [5.74, 6) is 0.818. The molecule has 0 aromatic heterocycles. The van der Waals surface area contributed by atoms with Gasteiger partial charge in [-0.3, -0.25) is 15.2 Å². The Morgan fingerprint density at radius 2 is 2.75 bits per heavy atom. The average molecular weight is 130 g/mol. The van der Waals surface area contributed by atoms with Crippen molar-refractivity contribution in [1.29, 1.82) is 0 Å². The molecule has 1 aliphatic heterocycles. The summed E-state index contributed by atoms with van der Waals surface area (Å²) in [5.41, 5.74) is 2.49. The van der Waals surface area contributed by atoms with Gasteiger partial charge >= 0.3 is 0 Å². The number of carbonyl (C=O) groups is 1. The molecule has 4 heteroatoms. The highest BCUT2D eigenvalue weighted by Gasteiger charge is 1.99. The summed E-state index contributed by atoms with van der Waals surface area (Å²) in [5, 5.41) is 3.63. The highest BCUT2D eigenvalue weighted by molar-refractivity contribution is 8.02. The zero-order chi connectivity index (χ0) is 5.82. The molecule has 1 heterocycles. The fourth-order valence-corrected chi connectivity index (χ4v) is 1.07. The van der Waals surface area contributed by atoms with Gasteiger partial charge in [0.05, 0.1) is 5.88 Å². The van der Waals surface area contributed by atoms with Gasteiger partial charge in [0.1, 0.15) is 0 Å². The third-order valence-electron chi connectivity index (χ3n) is 0.769. The maximum atomic E-state index is 9.76. The summed E-state index contributed by atoms with van der Waals surface area (Å²) in [6, 6.07) is 0. The maximum absolute atomic E-state index is 9.76. The van der Waals surface area contributed by atoms with Crippen LogP contribution in [0.3, 0.4) is 0 Å². The smallest absolute Gasteiger partial charge is 0.225 e. The lowest BCUT2D eigenvalue weighted by Crippen LogP contribution is -2.29. The molecular formula is C4H6N2OS. The molecule has 1 amide bonds. The van der Waals surface area contributed by atoms with E-state index in [1.54, 1.807) is 16.8 Å². The van der Waals surface area contributed by atoms with Gasteiger partial charge < -0.3 is 0 Å². The minimum absolute atomic E-state index is 0.663. The van der Waals surface area contributed by atoms with Crippen molar-refractivity contribution in [1.82, 2.24) is 10.4 Å². The Morgan fingerprint density at radius 3 is 3.25 bits per heavy atom. The summed E-state index contributed by atoms with van der Waals surface area (Å²) in [6.45, 7) is 0. The van der Waals surface area contributed by atoms with E-state index in [0.29, 0.717) is 6.41 Å². The van der Waals surface area contributed by atoms with E-state index in [9.17, 15) is 4.79 Å². The van der Waals surface area contributed by atoms with Gasteiger partial charge in [-0.05, 0) is 5.41 Å². The van der Waals surface area contributed by atoms with E-state index in [1.807, 2.05) is 11.6 Å². The number of hydrazine groups is 1. The third kappa shape index (κ3) is 1.16. The molecule has 0 unspecified atom stereocenters. The van der Waals surface area contributed by atoms with Crippen LogP contribution in [0.4, 0.5) is 0 Å². The summed E-state index contributed by atoms with van der Waals surface area (Å²) in [7, 11) is 0. The molecule has 0 fully saturated rings. The van der Waals surface area contributed by atoms with E-state index in [-0.39, 0.29) is 0 Å². The first kappa shape index (κ1) is 5.50. The Labute approximate surface area is 51.7 Å². The minimum atomic E-state index is 0.663. The van der Waals surface area contributed by atoms with Gasteiger partial charge in [-0.15, -0.1) is 11.8 Å². The molecule has 0 aliphatic carbocycles. The number of thioether (sulfide) groups is 1. The normalized spacial score (nSPS) is 16.8. The number of nitrogens with zero attached hydrogens (tertiary/aromatic N) is 1. The van der Waals surface area contributed by atoms with Crippen molar-refractivity contribution >= 4 is 18.2 Å². The van der Waals surface area contributed by atoms with Crippen molar-refractivity contribution in [2.24, 2.45) is 0 Å². The Balaban J connectivity index is 2.25. The first-order chi connectivity index (χ1) is 3.93. The van der Waals surface area contributed by atoms with Crippen molar-refractivity contribution in [2.45, 2.75) is 0 Å². The molecule has 0 atom stereocenters. The topological polar surface area (TPSA) is 32.3 Å². The lowest BCUT2D eigenvalue weighted by atomic mass is 10.9. The minimum Gasteiger partial charge on any atom is -0.282 e. The number of nitrogens with one attached hydrogen (secondary N) is 1. The number of hydrogen-bond acceptors (Lipinski definition) is 3. The molecule has 0 bridgehead atoms. The molecule has 44 valence electrons. The van der Waals surface area contributed by atoms with Crippen LogP contribution in [0.1, 0.15) is 0 Å². The van der Waals surface area contributed by atoms with E-state index < -0.39 is 0 Å². The van der Waals surface area contributed by atoms with Crippen molar-refractivity contribution in [3.63, 3.8) is 0 Å². The molecule has 3 nitrogen and oxygen atoms in total. The molecule has 0 radical (unpaired) electrons. The third-order valence-corrected chi connectivity index (χ3v) is 1.51. The molecule has 8 heavy (non-hydrogen) atoms. The van der Waals surface area contributed by atoms with Gasteiger partial charge in [0.2, 0.25) is 6.41 Å². The average Bonchev–Trinajstić information content (AvgIpc) is 2.19. The summed E-state index contributed by atoms with van der Waals surface area (Å²) in [6.07, 6.45) is 2.48. The van der Waals surface area contributed by atoms with Crippen LogP contribution in [0, 0.1) is 0 Å². The highest BCUT2D eigenvalue weighted by Crippen LogP contribution is 2.11. The maximum Gasteiger partial charge on any atom is 0.225 e. The Morgan fingerprint density at radius 1 is 1.88 bits per heavy atom. The summed E-state index contributed by atoms with van der Waals surface area (Å²) < 4.78 is 0. The molecule has 1 rings (SSSR count). The first-order valence-electron chi connectivity index (χ1n) is 2.18.